The molecule has 0 N–H and O–H groups in total. The maximum absolute atomic E-state index is 13.1. The fourth-order valence-electron chi connectivity index (χ4n) is 2.36. The summed E-state index contributed by atoms with van der Waals surface area (Å²) >= 11 is 0. The van der Waals surface area contributed by atoms with Crippen molar-refractivity contribution in [3.05, 3.63) is 59.2 Å². The lowest BCUT2D eigenvalue weighted by Gasteiger charge is -2.24. The average molecular weight is 361 g/mol. The zero-order chi connectivity index (χ0) is 18.6. The van der Waals surface area contributed by atoms with E-state index in [4.69, 9.17) is 4.74 Å². The van der Waals surface area contributed by atoms with Gasteiger partial charge in [0.2, 0.25) is 0 Å². The van der Waals surface area contributed by atoms with Crippen molar-refractivity contribution < 1.29 is 17.9 Å². The molecule has 2 aromatic carbocycles. The Hall–Kier alpha value is -2.34. The van der Waals surface area contributed by atoms with E-state index in [1.807, 2.05) is 26.8 Å². The molecule has 0 aromatic heterocycles. The smallest absolute Gasteiger partial charge is 0.326 e. The van der Waals surface area contributed by atoms with Gasteiger partial charge in [-0.25, -0.2) is 8.42 Å². The summed E-state index contributed by atoms with van der Waals surface area (Å²) in [6, 6.07) is 11.9. The average Bonchev–Trinajstić information content (AvgIpc) is 2.56. The Morgan fingerprint density at radius 2 is 1.64 bits per heavy atom. The van der Waals surface area contributed by atoms with Crippen LogP contribution in [0.2, 0.25) is 0 Å². The van der Waals surface area contributed by atoms with Gasteiger partial charge < -0.3 is 4.74 Å². The van der Waals surface area contributed by atoms with E-state index in [1.165, 1.54) is 0 Å². The van der Waals surface area contributed by atoms with Crippen LogP contribution in [0.1, 0.15) is 23.6 Å². The molecule has 0 spiro atoms. The number of hydrogen-bond acceptors (Lipinski definition) is 4. The maximum atomic E-state index is 13.1. The number of nitrogens with zero attached hydrogens (tertiary/aromatic N) is 1. The molecular weight excluding hydrogens is 338 g/mol. The molecule has 0 bridgehead atoms. The van der Waals surface area contributed by atoms with Crippen LogP contribution in [0.5, 0.6) is 0 Å². The van der Waals surface area contributed by atoms with E-state index in [0.29, 0.717) is 5.69 Å². The topological polar surface area (TPSA) is 63.7 Å². The number of hydrogen-bond donors (Lipinski definition) is 0. The van der Waals surface area contributed by atoms with Gasteiger partial charge in [0.15, 0.2) is 0 Å². The van der Waals surface area contributed by atoms with E-state index < -0.39 is 16.0 Å². The first-order chi connectivity index (χ1) is 11.8. The SMILES string of the molecule is CCOC(=O)CN(c1ccc(C)c(C)c1)S(=O)(=O)c1ccc(C)cc1. The van der Waals surface area contributed by atoms with Gasteiger partial charge in [0.25, 0.3) is 10.0 Å². The molecule has 0 amide bonds. The van der Waals surface area contributed by atoms with Crippen molar-refractivity contribution >= 4 is 21.7 Å². The molecule has 0 saturated heterocycles. The summed E-state index contributed by atoms with van der Waals surface area (Å²) in [5.74, 6) is -0.587. The highest BCUT2D eigenvalue weighted by Crippen LogP contribution is 2.26. The first-order valence-electron chi connectivity index (χ1n) is 8.08. The molecule has 6 heteroatoms. The minimum atomic E-state index is -3.88. The Kier molecular flexibility index (Phi) is 5.85. The van der Waals surface area contributed by atoms with Crippen LogP contribution in [0.4, 0.5) is 5.69 Å². The number of carbonyl (C=O) groups is 1. The second kappa shape index (κ2) is 7.70. The summed E-state index contributed by atoms with van der Waals surface area (Å²) in [6.45, 7) is 7.25. The molecule has 0 atom stereocenters. The van der Waals surface area contributed by atoms with Crippen molar-refractivity contribution in [1.29, 1.82) is 0 Å². The minimum Gasteiger partial charge on any atom is -0.465 e. The quantitative estimate of drug-likeness (QED) is 0.740. The molecule has 0 aliphatic rings. The molecule has 2 aromatic rings. The van der Waals surface area contributed by atoms with Gasteiger partial charge >= 0.3 is 5.97 Å². The molecule has 0 heterocycles. The van der Waals surface area contributed by atoms with Crippen LogP contribution in [0.15, 0.2) is 47.4 Å². The van der Waals surface area contributed by atoms with Crippen LogP contribution in [0.25, 0.3) is 0 Å². The molecule has 0 aliphatic heterocycles. The second-order valence-electron chi connectivity index (χ2n) is 5.90. The van der Waals surface area contributed by atoms with Gasteiger partial charge in [-0.1, -0.05) is 23.8 Å². The number of aryl methyl sites for hydroxylation is 3. The van der Waals surface area contributed by atoms with Crippen LogP contribution in [0.3, 0.4) is 0 Å². The number of anilines is 1. The van der Waals surface area contributed by atoms with Crippen LogP contribution >= 0.6 is 0 Å². The Balaban J connectivity index is 2.51. The number of carbonyl (C=O) groups excluding carboxylic acids is 1. The van der Waals surface area contributed by atoms with Crippen LogP contribution in [0, 0.1) is 20.8 Å². The van der Waals surface area contributed by atoms with Gasteiger partial charge in [-0.2, -0.15) is 0 Å². The monoisotopic (exact) mass is 361 g/mol. The lowest BCUT2D eigenvalue weighted by atomic mass is 10.1. The molecule has 0 saturated carbocycles. The molecule has 0 unspecified atom stereocenters. The first kappa shape index (κ1) is 19.0. The van der Waals surface area contributed by atoms with E-state index in [2.05, 4.69) is 0 Å². The third kappa shape index (κ3) is 4.39. The minimum absolute atomic E-state index is 0.139. The van der Waals surface area contributed by atoms with E-state index in [-0.39, 0.29) is 18.0 Å². The predicted octanol–water partition coefficient (Wildman–Crippen LogP) is 3.37. The van der Waals surface area contributed by atoms with E-state index in [0.717, 1.165) is 21.0 Å². The Morgan fingerprint density at radius 1 is 1.00 bits per heavy atom. The summed E-state index contributed by atoms with van der Waals surface area (Å²) in [5, 5.41) is 0. The number of esters is 1. The fourth-order valence-corrected chi connectivity index (χ4v) is 3.76. The summed E-state index contributed by atoms with van der Waals surface area (Å²) in [6.07, 6.45) is 0. The molecule has 2 rings (SSSR count). The second-order valence-corrected chi connectivity index (χ2v) is 7.76. The normalized spacial score (nSPS) is 11.2. The highest BCUT2D eigenvalue weighted by atomic mass is 32.2. The highest BCUT2D eigenvalue weighted by Gasteiger charge is 2.27. The fraction of sp³-hybridized carbons (Fsp3) is 0.316. The summed E-state index contributed by atoms with van der Waals surface area (Å²) in [7, 11) is -3.88. The van der Waals surface area contributed by atoms with Crippen molar-refractivity contribution in [2.45, 2.75) is 32.6 Å². The van der Waals surface area contributed by atoms with E-state index >= 15 is 0 Å². The molecule has 0 radical (unpaired) electrons. The zero-order valence-corrected chi connectivity index (χ0v) is 15.8. The first-order valence-corrected chi connectivity index (χ1v) is 9.52. The van der Waals surface area contributed by atoms with E-state index in [1.54, 1.807) is 43.3 Å². The van der Waals surface area contributed by atoms with Crippen LogP contribution in [-0.2, 0) is 19.6 Å². The summed E-state index contributed by atoms with van der Waals surface area (Å²) in [4.78, 5) is 12.1. The standard InChI is InChI=1S/C19H23NO4S/c1-5-24-19(21)13-20(17-9-8-15(3)16(4)12-17)25(22,23)18-10-6-14(2)7-11-18/h6-12H,5,13H2,1-4H3. The van der Waals surface area contributed by atoms with Crippen molar-refractivity contribution in [2.24, 2.45) is 0 Å². The Labute approximate surface area is 149 Å². The Morgan fingerprint density at radius 3 is 2.20 bits per heavy atom. The van der Waals surface area contributed by atoms with Gasteiger partial charge in [-0.15, -0.1) is 0 Å². The van der Waals surface area contributed by atoms with Crippen molar-refractivity contribution in [3.63, 3.8) is 0 Å². The lowest BCUT2D eigenvalue weighted by molar-refractivity contribution is -0.141. The lowest BCUT2D eigenvalue weighted by Crippen LogP contribution is -2.36. The molecular formula is C19H23NO4S. The third-order valence-corrected chi connectivity index (χ3v) is 5.75. The van der Waals surface area contributed by atoms with Gasteiger partial charge in [-0.05, 0) is 63.1 Å². The predicted molar refractivity (Wildman–Crippen MR) is 98.3 cm³/mol. The van der Waals surface area contributed by atoms with Crippen molar-refractivity contribution in [3.8, 4) is 0 Å². The largest absolute Gasteiger partial charge is 0.465 e. The van der Waals surface area contributed by atoms with Gasteiger partial charge in [-0.3, -0.25) is 9.10 Å². The van der Waals surface area contributed by atoms with Crippen molar-refractivity contribution in [1.82, 2.24) is 0 Å². The van der Waals surface area contributed by atoms with Gasteiger partial charge in [0, 0.05) is 0 Å². The third-order valence-electron chi connectivity index (χ3n) is 3.97. The molecule has 134 valence electrons. The van der Waals surface area contributed by atoms with Crippen molar-refractivity contribution in [2.75, 3.05) is 17.5 Å². The molecule has 5 nitrogen and oxygen atoms in total. The highest BCUT2D eigenvalue weighted by molar-refractivity contribution is 7.92. The zero-order valence-electron chi connectivity index (χ0n) is 14.9. The van der Waals surface area contributed by atoms with Gasteiger partial charge in [0.05, 0.1) is 17.2 Å². The van der Waals surface area contributed by atoms with Crippen LogP contribution in [-0.4, -0.2) is 27.5 Å². The molecule has 0 aliphatic carbocycles. The van der Waals surface area contributed by atoms with E-state index in [9.17, 15) is 13.2 Å². The summed E-state index contributed by atoms with van der Waals surface area (Å²) < 4.78 is 32.2. The Bertz CT molecular complexity index is 857. The van der Waals surface area contributed by atoms with Crippen LogP contribution < -0.4 is 4.31 Å². The molecule has 0 fully saturated rings. The number of ether oxygens (including phenoxy) is 1. The number of rotatable bonds is 6. The number of benzene rings is 2. The maximum Gasteiger partial charge on any atom is 0.326 e. The summed E-state index contributed by atoms with van der Waals surface area (Å²) in [5.41, 5.74) is 3.40. The van der Waals surface area contributed by atoms with Gasteiger partial charge in [0.1, 0.15) is 6.54 Å². The molecule has 25 heavy (non-hydrogen) atoms. The number of sulfonamides is 1.